The van der Waals surface area contributed by atoms with Crippen LogP contribution in [0, 0.1) is 0 Å². The molecule has 1 rings (SSSR count). The number of rotatable bonds is 9. The zero-order valence-corrected chi connectivity index (χ0v) is 11.3. The van der Waals surface area contributed by atoms with Crippen LogP contribution in [0.1, 0.15) is 35.3 Å². The molecule has 0 radical (unpaired) electrons. The fourth-order valence-electron chi connectivity index (χ4n) is 1.18. The van der Waals surface area contributed by atoms with Gasteiger partial charge in [-0.05, 0) is 6.42 Å². The zero-order valence-electron chi connectivity index (χ0n) is 10.5. The van der Waals surface area contributed by atoms with Crippen molar-refractivity contribution < 1.29 is 14.3 Å². The predicted octanol–water partition coefficient (Wildman–Crippen LogP) is 1.08. The number of hydrogen-bond acceptors (Lipinski definition) is 6. The van der Waals surface area contributed by atoms with Crippen molar-refractivity contribution in [3.63, 3.8) is 0 Å². The second-order valence-electron chi connectivity index (χ2n) is 3.64. The van der Waals surface area contributed by atoms with Crippen molar-refractivity contribution in [2.75, 3.05) is 19.8 Å². The number of nitrogens with one attached hydrogen (secondary N) is 1. The SMILES string of the molecule is CCCCOCCOCc1csc(C(=O)NN)n1. The number of carbonyl (C=O) groups excluding carboxylic acids is 1. The van der Waals surface area contributed by atoms with Crippen LogP contribution in [0.25, 0.3) is 0 Å². The average molecular weight is 273 g/mol. The van der Waals surface area contributed by atoms with Crippen LogP contribution in [0.5, 0.6) is 0 Å². The third kappa shape index (κ3) is 5.54. The summed E-state index contributed by atoms with van der Waals surface area (Å²) in [5.74, 6) is 4.63. The lowest BCUT2D eigenvalue weighted by Crippen LogP contribution is -2.29. The molecule has 1 amide bonds. The quantitative estimate of drug-likeness (QED) is 0.304. The summed E-state index contributed by atoms with van der Waals surface area (Å²) in [5, 5.41) is 2.12. The summed E-state index contributed by atoms with van der Waals surface area (Å²) >= 11 is 1.24. The Morgan fingerprint density at radius 1 is 1.44 bits per heavy atom. The second-order valence-corrected chi connectivity index (χ2v) is 4.49. The monoisotopic (exact) mass is 273 g/mol. The van der Waals surface area contributed by atoms with Crippen molar-refractivity contribution in [2.45, 2.75) is 26.4 Å². The van der Waals surface area contributed by atoms with E-state index < -0.39 is 0 Å². The first kappa shape index (κ1) is 15.0. The summed E-state index contributed by atoms with van der Waals surface area (Å²) in [6.45, 7) is 4.39. The summed E-state index contributed by atoms with van der Waals surface area (Å²) in [5.41, 5.74) is 2.77. The van der Waals surface area contributed by atoms with Gasteiger partial charge in [0.2, 0.25) is 0 Å². The van der Waals surface area contributed by atoms with Gasteiger partial charge in [0.1, 0.15) is 0 Å². The molecule has 6 nitrogen and oxygen atoms in total. The highest BCUT2D eigenvalue weighted by Gasteiger charge is 2.09. The first-order chi connectivity index (χ1) is 8.77. The minimum absolute atomic E-state index is 0.343. The van der Waals surface area contributed by atoms with Crippen LogP contribution in [-0.2, 0) is 16.1 Å². The van der Waals surface area contributed by atoms with Gasteiger partial charge >= 0.3 is 0 Å². The Bertz CT molecular complexity index is 357. The normalized spacial score (nSPS) is 10.6. The molecular formula is C11H19N3O3S. The van der Waals surface area contributed by atoms with E-state index in [2.05, 4.69) is 11.9 Å². The fourth-order valence-corrected chi connectivity index (χ4v) is 1.89. The van der Waals surface area contributed by atoms with E-state index >= 15 is 0 Å². The van der Waals surface area contributed by atoms with Gasteiger partial charge in [0.25, 0.3) is 5.91 Å². The van der Waals surface area contributed by atoms with E-state index in [0.717, 1.165) is 25.1 Å². The third-order valence-electron chi connectivity index (χ3n) is 2.14. The Morgan fingerprint density at radius 2 is 2.22 bits per heavy atom. The number of carbonyl (C=O) groups is 1. The van der Waals surface area contributed by atoms with Crippen LogP contribution in [0.15, 0.2) is 5.38 Å². The minimum atomic E-state index is -0.380. The van der Waals surface area contributed by atoms with Gasteiger partial charge in [-0.3, -0.25) is 10.2 Å². The molecule has 0 aliphatic carbocycles. The zero-order chi connectivity index (χ0) is 13.2. The highest BCUT2D eigenvalue weighted by atomic mass is 32.1. The lowest BCUT2D eigenvalue weighted by atomic mass is 10.4. The molecule has 0 unspecified atom stereocenters. The molecule has 0 saturated carbocycles. The molecule has 18 heavy (non-hydrogen) atoms. The summed E-state index contributed by atoms with van der Waals surface area (Å²) in [4.78, 5) is 15.2. The molecule has 0 bridgehead atoms. The maximum atomic E-state index is 11.2. The summed E-state index contributed by atoms with van der Waals surface area (Å²) in [6, 6.07) is 0. The number of nitrogens with two attached hydrogens (primary N) is 1. The molecule has 3 N–H and O–H groups in total. The van der Waals surface area contributed by atoms with Crippen LogP contribution in [-0.4, -0.2) is 30.7 Å². The van der Waals surface area contributed by atoms with Crippen molar-refractivity contribution in [2.24, 2.45) is 5.84 Å². The molecule has 7 heteroatoms. The highest BCUT2D eigenvalue weighted by Crippen LogP contribution is 2.10. The molecule has 1 aromatic rings. The van der Waals surface area contributed by atoms with E-state index in [1.807, 2.05) is 5.43 Å². The number of amides is 1. The largest absolute Gasteiger partial charge is 0.379 e. The second kappa shape index (κ2) is 8.98. The Balaban J connectivity index is 2.12. The average Bonchev–Trinajstić information content (AvgIpc) is 2.85. The molecule has 102 valence electrons. The van der Waals surface area contributed by atoms with Crippen molar-refractivity contribution in [1.29, 1.82) is 0 Å². The summed E-state index contributed by atoms with van der Waals surface area (Å²) < 4.78 is 10.7. The summed E-state index contributed by atoms with van der Waals surface area (Å²) in [7, 11) is 0. The van der Waals surface area contributed by atoms with Gasteiger partial charge in [-0.15, -0.1) is 11.3 Å². The van der Waals surface area contributed by atoms with E-state index in [1.54, 1.807) is 5.38 Å². The molecule has 1 aromatic heterocycles. The van der Waals surface area contributed by atoms with E-state index in [4.69, 9.17) is 15.3 Å². The Morgan fingerprint density at radius 3 is 2.94 bits per heavy atom. The molecule has 0 fully saturated rings. The Hall–Kier alpha value is -1.02. The minimum Gasteiger partial charge on any atom is -0.379 e. The van der Waals surface area contributed by atoms with Gasteiger partial charge in [-0.1, -0.05) is 13.3 Å². The topological polar surface area (TPSA) is 86.5 Å². The van der Waals surface area contributed by atoms with E-state index in [-0.39, 0.29) is 5.91 Å². The van der Waals surface area contributed by atoms with E-state index in [1.165, 1.54) is 11.3 Å². The lowest BCUT2D eigenvalue weighted by molar-refractivity contribution is 0.0387. The van der Waals surface area contributed by atoms with Gasteiger partial charge in [0.15, 0.2) is 5.01 Å². The molecule has 1 heterocycles. The number of hydrogen-bond donors (Lipinski definition) is 2. The molecule has 0 aliphatic rings. The van der Waals surface area contributed by atoms with Crippen LogP contribution >= 0.6 is 11.3 Å². The highest BCUT2D eigenvalue weighted by molar-refractivity contribution is 7.11. The lowest BCUT2D eigenvalue weighted by Gasteiger charge is -2.03. The van der Waals surface area contributed by atoms with Crippen LogP contribution < -0.4 is 11.3 Å². The maximum Gasteiger partial charge on any atom is 0.294 e. The third-order valence-corrected chi connectivity index (χ3v) is 3.03. The number of unbranched alkanes of at least 4 members (excludes halogenated alkanes) is 1. The molecule has 0 saturated heterocycles. The van der Waals surface area contributed by atoms with E-state index in [0.29, 0.717) is 24.8 Å². The van der Waals surface area contributed by atoms with Gasteiger partial charge in [-0.25, -0.2) is 10.8 Å². The first-order valence-corrected chi connectivity index (χ1v) is 6.76. The van der Waals surface area contributed by atoms with Gasteiger partial charge in [-0.2, -0.15) is 0 Å². The molecule has 0 atom stereocenters. The number of thiazole rings is 1. The number of hydrazine groups is 1. The number of aromatic nitrogens is 1. The van der Waals surface area contributed by atoms with Gasteiger partial charge in [0.05, 0.1) is 25.5 Å². The maximum absolute atomic E-state index is 11.2. The van der Waals surface area contributed by atoms with E-state index in [9.17, 15) is 4.79 Å². The van der Waals surface area contributed by atoms with Crippen LogP contribution in [0.3, 0.4) is 0 Å². The van der Waals surface area contributed by atoms with Crippen molar-refractivity contribution >= 4 is 17.2 Å². The standard InChI is InChI=1S/C11H19N3O3S/c1-2-3-4-16-5-6-17-7-9-8-18-11(13-9)10(15)14-12/h8H,2-7,12H2,1H3,(H,14,15). The van der Waals surface area contributed by atoms with Crippen LogP contribution in [0.2, 0.25) is 0 Å². The van der Waals surface area contributed by atoms with Crippen LogP contribution in [0.4, 0.5) is 0 Å². The number of nitrogens with zero attached hydrogens (tertiary/aromatic N) is 1. The molecular weight excluding hydrogens is 254 g/mol. The fraction of sp³-hybridized carbons (Fsp3) is 0.636. The van der Waals surface area contributed by atoms with Crippen molar-refractivity contribution in [3.05, 3.63) is 16.1 Å². The number of nitrogen functional groups attached to an aromatic ring is 1. The predicted molar refractivity (Wildman–Crippen MR) is 69.2 cm³/mol. The smallest absolute Gasteiger partial charge is 0.294 e. The first-order valence-electron chi connectivity index (χ1n) is 5.88. The van der Waals surface area contributed by atoms with Crippen molar-refractivity contribution in [1.82, 2.24) is 10.4 Å². The van der Waals surface area contributed by atoms with Gasteiger partial charge < -0.3 is 9.47 Å². The summed E-state index contributed by atoms with van der Waals surface area (Å²) in [6.07, 6.45) is 2.20. The molecule has 0 aromatic carbocycles. The van der Waals surface area contributed by atoms with Gasteiger partial charge in [0, 0.05) is 12.0 Å². The molecule has 0 spiro atoms. The Kier molecular flexibility index (Phi) is 7.51. The number of ether oxygens (including phenoxy) is 2. The molecule has 0 aliphatic heterocycles. The van der Waals surface area contributed by atoms with Crippen molar-refractivity contribution in [3.8, 4) is 0 Å². The Labute approximate surface area is 110 Å².